The van der Waals surface area contributed by atoms with Crippen LogP contribution in [0.3, 0.4) is 0 Å². The number of aromatic nitrogens is 2. The SMILES string of the molecule is [N-]=[N+]=NC(CO)c1cn[nH]c1-c1ccccc1. The average Bonchev–Trinajstić information content (AvgIpc) is 2.86. The van der Waals surface area contributed by atoms with Gasteiger partial charge in [0.15, 0.2) is 0 Å². The topological polar surface area (TPSA) is 97.7 Å². The summed E-state index contributed by atoms with van der Waals surface area (Å²) in [5.74, 6) is 0. The Labute approximate surface area is 97.5 Å². The van der Waals surface area contributed by atoms with E-state index >= 15 is 0 Å². The van der Waals surface area contributed by atoms with E-state index in [0.717, 1.165) is 11.3 Å². The Morgan fingerprint density at radius 2 is 2.18 bits per heavy atom. The number of aromatic amines is 1. The maximum atomic E-state index is 9.19. The van der Waals surface area contributed by atoms with Crippen LogP contribution in [0.25, 0.3) is 21.7 Å². The Kier molecular flexibility index (Phi) is 3.40. The minimum absolute atomic E-state index is 0.247. The molecule has 1 unspecified atom stereocenters. The highest BCUT2D eigenvalue weighted by atomic mass is 16.3. The van der Waals surface area contributed by atoms with Crippen molar-refractivity contribution in [1.82, 2.24) is 10.2 Å². The van der Waals surface area contributed by atoms with Gasteiger partial charge in [-0.1, -0.05) is 35.4 Å². The number of hydrogen-bond donors (Lipinski definition) is 2. The monoisotopic (exact) mass is 229 g/mol. The number of rotatable bonds is 4. The van der Waals surface area contributed by atoms with Crippen LogP contribution in [0, 0.1) is 0 Å². The Morgan fingerprint density at radius 3 is 2.82 bits per heavy atom. The summed E-state index contributed by atoms with van der Waals surface area (Å²) in [6.07, 6.45) is 1.57. The third-order valence-electron chi connectivity index (χ3n) is 2.45. The molecule has 0 amide bonds. The number of benzene rings is 1. The van der Waals surface area contributed by atoms with Gasteiger partial charge in [0, 0.05) is 10.5 Å². The highest BCUT2D eigenvalue weighted by Crippen LogP contribution is 2.27. The van der Waals surface area contributed by atoms with Gasteiger partial charge in [0.05, 0.1) is 24.5 Å². The van der Waals surface area contributed by atoms with Crippen LogP contribution in [0.1, 0.15) is 11.6 Å². The number of nitrogens with zero attached hydrogens (tertiary/aromatic N) is 4. The van der Waals surface area contributed by atoms with Gasteiger partial charge < -0.3 is 5.11 Å². The number of hydrogen-bond acceptors (Lipinski definition) is 3. The van der Waals surface area contributed by atoms with Crippen LogP contribution in [0.5, 0.6) is 0 Å². The zero-order valence-electron chi connectivity index (χ0n) is 8.98. The van der Waals surface area contributed by atoms with Crippen molar-refractivity contribution >= 4 is 0 Å². The smallest absolute Gasteiger partial charge is 0.0893 e. The first-order valence-electron chi connectivity index (χ1n) is 5.10. The Morgan fingerprint density at radius 1 is 1.41 bits per heavy atom. The fourth-order valence-electron chi connectivity index (χ4n) is 1.64. The molecule has 0 aliphatic rings. The van der Waals surface area contributed by atoms with Crippen molar-refractivity contribution in [2.24, 2.45) is 5.11 Å². The Bertz CT molecular complexity index is 530. The molecule has 2 N–H and O–H groups in total. The molecule has 1 atom stereocenters. The predicted molar refractivity (Wildman–Crippen MR) is 63.0 cm³/mol. The minimum atomic E-state index is -0.617. The van der Waals surface area contributed by atoms with Gasteiger partial charge in [-0.15, -0.1) is 0 Å². The molecule has 0 bridgehead atoms. The van der Waals surface area contributed by atoms with E-state index < -0.39 is 6.04 Å². The van der Waals surface area contributed by atoms with Gasteiger partial charge in [0.1, 0.15) is 0 Å². The van der Waals surface area contributed by atoms with E-state index in [-0.39, 0.29) is 6.61 Å². The summed E-state index contributed by atoms with van der Waals surface area (Å²) in [6, 6.07) is 8.94. The van der Waals surface area contributed by atoms with Crippen LogP contribution in [0.15, 0.2) is 41.6 Å². The van der Waals surface area contributed by atoms with Crippen molar-refractivity contribution in [2.45, 2.75) is 6.04 Å². The first-order chi connectivity index (χ1) is 8.36. The summed E-state index contributed by atoms with van der Waals surface area (Å²) < 4.78 is 0. The van der Waals surface area contributed by atoms with Crippen LogP contribution >= 0.6 is 0 Å². The quantitative estimate of drug-likeness (QED) is 0.478. The zero-order chi connectivity index (χ0) is 12.1. The lowest BCUT2D eigenvalue weighted by Crippen LogP contribution is -2.00. The van der Waals surface area contributed by atoms with E-state index in [1.165, 1.54) is 0 Å². The number of H-pyrrole nitrogens is 1. The molecule has 0 radical (unpaired) electrons. The third-order valence-corrected chi connectivity index (χ3v) is 2.45. The van der Waals surface area contributed by atoms with Gasteiger partial charge >= 0.3 is 0 Å². The number of aliphatic hydroxyl groups is 1. The van der Waals surface area contributed by atoms with Crippen molar-refractivity contribution in [1.29, 1.82) is 0 Å². The van der Waals surface area contributed by atoms with Crippen molar-refractivity contribution in [2.75, 3.05) is 6.61 Å². The van der Waals surface area contributed by atoms with Crippen LogP contribution in [-0.4, -0.2) is 21.9 Å². The largest absolute Gasteiger partial charge is 0.396 e. The van der Waals surface area contributed by atoms with Crippen LogP contribution < -0.4 is 0 Å². The Balaban J connectivity index is 2.44. The normalized spacial score (nSPS) is 11.8. The molecule has 0 fully saturated rings. The molecule has 0 aliphatic heterocycles. The fourth-order valence-corrected chi connectivity index (χ4v) is 1.64. The molecular weight excluding hydrogens is 218 g/mol. The second-order valence-corrected chi connectivity index (χ2v) is 3.47. The fraction of sp³-hybridized carbons (Fsp3) is 0.182. The average molecular weight is 229 g/mol. The van der Waals surface area contributed by atoms with Crippen LogP contribution in [0.2, 0.25) is 0 Å². The van der Waals surface area contributed by atoms with Gasteiger partial charge in [0.2, 0.25) is 0 Å². The first-order valence-corrected chi connectivity index (χ1v) is 5.10. The van der Waals surface area contributed by atoms with Crippen molar-refractivity contribution in [3.05, 3.63) is 52.5 Å². The van der Waals surface area contributed by atoms with Crippen LogP contribution in [0.4, 0.5) is 0 Å². The molecule has 0 saturated carbocycles. The van der Waals surface area contributed by atoms with Crippen molar-refractivity contribution < 1.29 is 5.11 Å². The number of nitrogens with one attached hydrogen (secondary N) is 1. The molecule has 86 valence electrons. The number of azide groups is 1. The number of aliphatic hydroxyl groups excluding tert-OH is 1. The lowest BCUT2D eigenvalue weighted by Gasteiger charge is -2.08. The third kappa shape index (κ3) is 2.28. The Hall–Kier alpha value is -2.30. The molecule has 6 heteroatoms. The molecule has 6 nitrogen and oxygen atoms in total. The first kappa shape index (κ1) is 11.2. The van der Waals surface area contributed by atoms with Gasteiger partial charge in [-0.3, -0.25) is 5.10 Å². The molecule has 2 aromatic rings. The lowest BCUT2D eigenvalue weighted by molar-refractivity contribution is 0.268. The van der Waals surface area contributed by atoms with E-state index in [1.807, 2.05) is 30.3 Å². The molecule has 17 heavy (non-hydrogen) atoms. The van der Waals surface area contributed by atoms with E-state index in [0.29, 0.717) is 5.56 Å². The summed E-state index contributed by atoms with van der Waals surface area (Å²) in [4.78, 5) is 2.72. The summed E-state index contributed by atoms with van der Waals surface area (Å²) in [5, 5.41) is 19.5. The second kappa shape index (κ2) is 5.16. The van der Waals surface area contributed by atoms with Crippen molar-refractivity contribution in [3.8, 4) is 11.3 Å². The van der Waals surface area contributed by atoms with E-state index in [1.54, 1.807) is 6.20 Å². The van der Waals surface area contributed by atoms with Crippen LogP contribution in [-0.2, 0) is 0 Å². The maximum Gasteiger partial charge on any atom is 0.0893 e. The molecular formula is C11H11N5O. The zero-order valence-corrected chi connectivity index (χ0v) is 8.98. The maximum absolute atomic E-state index is 9.19. The summed E-state index contributed by atoms with van der Waals surface area (Å²) in [5.41, 5.74) is 10.8. The molecule has 0 spiro atoms. The van der Waals surface area contributed by atoms with E-state index in [2.05, 4.69) is 20.2 Å². The highest BCUT2D eigenvalue weighted by molar-refractivity contribution is 5.63. The molecule has 0 aliphatic carbocycles. The summed E-state index contributed by atoms with van der Waals surface area (Å²) in [6.45, 7) is -0.247. The molecule has 1 aromatic heterocycles. The minimum Gasteiger partial charge on any atom is -0.396 e. The van der Waals surface area contributed by atoms with E-state index in [4.69, 9.17) is 5.53 Å². The summed E-state index contributed by atoms with van der Waals surface area (Å²) in [7, 11) is 0. The van der Waals surface area contributed by atoms with Gasteiger partial charge in [0.25, 0.3) is 0 Å². The van der Waals surface area contributed by atoms with Gasteiger partial charge in [-0.05, 0) is 11.1 Å². The van der Waals surface area contributed by atoms with Gasteiger partial charge in [-0.25, -0.2) is 0 Å². The highest BCUT2D eigenvalue weighted by Gasteiger charge is 2.15. The van der Waals surface area contributed by atoms with Crippen molar-refractivity contribution in [3.63, 3.8) is 0 Å². The lowest BCUT2D eigenvalue weighted by atomic mass is 10.0. The molecule has 2 rings (SSSR count). The van der Waals surface area contributed by atoms with Gasteiger partial charge in [-0.2, -0.15) is 5.10 Å². The predicted octanol–water partition coefficient (Wildman–Crippen LogP) is 2.42. The standard InChI is InChI=1S/C11H11N5O/c12-16-14-10(7-17)9-6-13-15-11(9)8-4-2-1-3-5-8/h1-6,10,17H,7H2,(H,13,15). The summed E-state index contributed by atoms with van der Waals surface area (Å²) >= 11 is 0. The second-order valence-electron chi connectivity index (χ2n) is 3.47. The molecule has 0 saturated heterocycles. The van der Waals surface area contributed by atoms with E-state index in [9.17, 15) is 5.11 Å². The molecule has 1 aromatic carbocycles. The molecule has 1 heterocycles.